The number of rotatable bonds is 7. The Bertz CT molecular complexity index is 1590. The molecule has 0 aliphatic heterocycles. The summed E-state index contributed by atoms with van der Waals surface area (Å²) in [4.78, 5) is 28.0. The maximum atomic E-state index is 13.4. The molecule has 182 valence electrons. The number of esters is 1. The maximum absolute atomic E-state index is 13.4. The van der Waals surface area contributed by atoms with E-state index in [1.54, 1.807) is 56.6 Å². The average Bonchev–Trinajstić information content (AvgIpc) is 3.24. The molecule has 0 radical (unpaired) electrons. The van der Waals surface area contributed by atoms with E-state index in [0.29, 0.717) is 33.5 Å². The molecule has 35 heavy (non-hydrogen) atoms. The molecule has 4 rings (SSSR count). The van der Waals surface area contributed by atoms with Crippen molar-refractivity contribution in [2.24, 2.45) is 7.05 Å². The Hall–Kier alpha value is -3.92. The third-order valence-corrected chi connectivity index (χ3v) is 6.24. The van der Waals surface area contributed by atoms with Crippen molar-refractivity contribution in [3.8, 4) is 11.1 Å². The number of hydrogen-bond acceptors (Lipinski definition) is 6. The highest BCUT2D eigenvalue weighted by molar-refractivity contribution is 7.89. The van der Waals surface area contributed by atoms with E-state index in [1.807, 2.05) is 0 Å². The van der Waals surface area contributed by atoms with Crippen LogP contribution < -0.4 is 10.9 Å². The van der Waals surface area contributed by atoms with Crippen LogP contribution in [0.1, 0.15) is 23.0 Å². The number of carbonyl (C=O) groups excluding carboxylic acids is 1. The van der Waals surface area contributed by atoms with Crippen LogP contribution in [0.15, 0.2) is 59.5 Å². The van der Waals surface area contributed by atoms with E-state index in [1.165, 1.54) is 16.7 Å². The molecule has 8 nitrogen and oxygen atoms in total. The predicted octanol–water partition coefficient (Wildman–Crippen LogP) is 4.14. The second-order valence-corrected chi connectivity index (χ2v) is 10.4. The van der Waals surface area contributed by atoms with Gasteiger partial charge in [0.15, 0.2) is 9.84 Å². The van der Waals surface area contributed by atoms with Gasteiger partial charge in [0.1, 0.15) is 17.0 Å². The van der Waals surface area contributed by atoms with Gasteiger partial charge in [0.05, 0.1) is 12.4 Å². The molecular formula is C25H24FN3O5S. The van der Waals surface area contributed by atoms with Crippen molar-refractivity contribution in [2.75, 3.05) is 18.2 Å². The van der Waals surface area contributed by atoms with Crippen molar-refractivity contribution in [3.05, 3.63) is 82.2 Å². The standard InChI is InChI=1S/C25H24FN3O5S/c1-4-34-25(31)22-12-19-20(13-29(2)24(30)23(19)28-22)18-11-15(14-35(3,32)33)5-10-21(18)27-17-8-6-16(26)7-9-17/h5-13,27-28H,4,14H2,1-3H3. The van der Waals surface area contributed by atoms with Crippen molar-refractivity contribution in [1.29, 1.82) is 0 Å². The summed E-state index contributed by atoms with van der Waals surface area (Å²) in [5, 5.41) is 3.71. The molecule has 0 amide bonds. The molecule has 0 aliphatic carbocycles. The number of fused-ring (bicyclic) bond motifs is 1. The molecule has 2 N–H and O–H groups in total. The highest BCUT2D eigenvalue weighted by atomic mass is 32.2. The van der Waals surface area contributed by atoms with Crippen molar-refractivity contribution >= 4 is 38.1 Å². The summed E-state index contributed by atoms with van der Waals surface area (Å²) in [6.07, 6.45) is 2.78. The zero-order chi connectivity index (χ0) is 25.3. The third kappa shape index (κ3) is 5.27. The number of aryl methyl sites for hydroxylation is 1. The van der Waals surface area contributed by atoms with E-state index in [2.05, 4.69) is 10.3 Å². The maximum Gasteiger partial charge on any atom is 0.354 e. The lowest BCUT2D eigenvalue weighted by atomic mass is 9.99. The lowest BCUT2D eigenvalue weighted by Crippen LogP contribution is -2.17. The van der Waals surface area contributed by atoms with E-state index < -0.39 is 15.8 Å². The van der Waals surface area contributed by atoms with Crippen LogP contribution in [0.4, 0.5) is 15.8 Å². The number of pyridine rings is 1. The van der Waals surface area contributed by atoms with Crippen molar-refractivity contribution < 1.29 is 22.3 Å². The van der Waals surface area contributed by atoms with Crippen LogP contribution in [0, 0.1) is 5.82 Å². The second-order valence-electron chi connectivity index (χ2n) is 8.23. The van der Waals surface area contributed by atoms with Gasteiger partial charge in [-0.05, 0) is 55.0 Å². The Balaban J connectivity index is 1.95. The van der Waals surface area contributed by atoms with Crippen LogP contribution in [0.5, 0.6) is 0 Å². The second kappa shape index (κ2) is 9.38. The highest BCUT2D eigenvalue weighted by Gasteiger charge is 2.19. The number of aromatic amines is 1. The minimum Gasteiger partial charge on any atom is -0.461 e. The summed E-state index contributed by atoms with van der Waals surface area (Å²) in [6.45, 7) is 1.87. The number of ether oxygens (including phenoxy) is 1. The molecular weight excluding hydrogens is 473 g/mol. The first-order valence-electron chi connectivity index (χ1n) is 10.8. The first kappa shape index (κ1) is 24.2. The first-order chi connectivity index (χ1) is 16.6. The van der Waals surface area contributed by atoms with E-state index in [0.717, 1.165) is 6.26 Å². The van der Waals surface area contributed by atoms with Gasteiger partial charge in [-0.2, -0.15) is 0 Å². The molecule has 0 aliphatic rings. The van der Waals surface area contributed by atoms with Gasteiger partial charge in [0.25, 0.3) is 5.56 Å². The van der Waals surface area contributed by atoms with E-state index in [9.17, 15) is 22.4 Å². The molecule has 4 aromatic rings. The number of aromatic nitrogens is 2. The monoisotopic (exact) mass is 497 g/mol. The molecule has 0 fully saturated rings. The van der Waals surface area contributed by atoms with Crippen LogP contribution in [0.2, 0.25) is 0 Å². The van der Waals surface area contributed by atoms with Crippen molar-refractivity contribution in [3.63, 3.8) is 0 Å². The topological polar surface area (TPSA) is 110 Å². The molecule has 0 saturated heterocycles. The number of halogens is 1. The van der Waals surface area contributed by atoms with Crippen molar-refractivity contribution in [2.45, 2.75) is 12.7 Å². The molecule has 0 unspecified atom stereocenters. The molecule has 0 bridgehead atoms. The summed E-state index contributed by atoms with van der Waals surface area (Å²) in [5.74, 6) is -1.14. The quantitative estimate of drug-likeness (QED) is 0.372. The van der Waals surface area contributed by atoms with Gasteiger partial charge in [-0.1, -0.05) is 6.07 Å². The molecule has 2 aromatic heterocycles. The zero-order valence-corrected chi connectivity index (χ0v) is 20.2. The van der Waals surface area contributed by atoms with Gasteiger partial charge in [-0.25, -0.2) is 17.6 Å². The van der Waals surface area contributed by atoms with E-state index in [-0.39, 0.29) is 34.9 Å². The summed E-state index contributed by atoms with van der Waals surface area (Å²) in [5.41, 5.74) is 2.98. The number of sulfone groups is 1. The zero-order valence-electron chi connectivity index (χ0n) is 19.4. The summed E-state index contributed by atoms with van der Waals surface area (Å²) >= 11 is 0. The number of H-pyrrole nitrogens is 1. The smallest absolute Gasteiger partial charge is 0.354 e. The van der Waals surface area contributed by atoms with Crippen LogP contribution in [-0.4, -0.2) is 36.8 Å². The number of nitrogens with zero attached hydrogens (tertiary/aromatic N) is 1. The summed E-state index contributed by atoms with van der Waals surface area (Å²) in [7, 11) is -1.72. The average molecular weight is 498 g/mol. The Kier molecular flexibility index (Phi) is 6.49. The van der Waals surface area contributed by atoms with E-state index >= 15 is 0 Å². The van der Waals surface area contributed by atoms with Gasteiger partial charge in [0, 0.05) is 47.4 Å². The number of carbonyl (C=O) groups is 1. The number of benzene rings is 2. The Morgan fingerprint density at radius 2 is 1.83 bits per heavy atom. The number of hydrogen-bond donors (Lipinski definition) is 2. The molecule has 0 spiro atoms. The number of anilines is 2. The molecule has 2 heterocycles. The lowest BCUT2D eigenvalue weighted by Gasteiger charge is -2.16. The Morgan fingerprint density at radius 1 is 1.11 bits per heavy atom. The summed E-state index contributed by atoms with van der Waals surface area (Å²) in [6, 6.07) is 12.5. The minimum absolute atomic E-state index is 0.131. The van der Waals surface area contributed by atoms with Gasteiger partial charge >= 0.3 is 5.97 Å². The van der Waals surface area contributed by atoms with Crippen LogP contribution >= 0.6 is 0 Å². The fourth-order valence-corrected chi connectivity index (χ4v) is 4.66. The Morgan fingerprint density at radius 3 is 2.49 bits per heavy atom. The molecule has 2 aromatic carbocycles. The normalized spacial score (nSPS) is 11.5. The highest BCUT2D eigenvalue weighted by Crippen LogP contribution is 2.36. The predicted molar refractivity (Wildman–Crippen MR) is 133 cm³/mol. The van der Waals surface area contributed by atoms with Gasteiger partial charge in [-0.3, -0.25) is 4.79 Å². The summed E-state index contributed by atoms with van der Waals surface area (Å²) < 4.78 is 43.8. The third-order valence-electron chi connectivity index (χ3n) is 5.39. The van der Waals surface area contributed by atoms with Crippen LogP contribution in [0.3, 0.4) is 0 Å². The Labute approximate surface area is 201 Å². The van der Waals surface area contributed by atoms with E-state index in [4.69, 9.17) is 4.74 Å². The SMILES string of the molecule is CCOC(=O)c1cc2c(-c3cc(CS(C)(=O)=O)ccc3Nc3ccc(F)cc3)cn(C)c(=O)c2[nH]1. The van der Waals surface area contributed by atoms with Gasteiger partial charge < -0.3 is 19.6 Å². The largest absolute Gasteiger partial charge is 0.461 e. The van der Waals surface area contributed by atoms with Gasteiger partial charge in [-0.15, -0.1) is 0 Å². The molecule has 0 atom stereocenters. The minimum atomic E-state index is -3.31. The number of nitrogens with one attached hydrogen (secondary N) is 2. The lowest BCUT2D eigenvalue weighted by molar-refractivity contribution is 0.0520. The molecule has 0 saturated carbocycles. The fourth-order valence-electron chi connectivity index (χ4n) is 3.87. The molecule has 10 heteroatoms. The first-order valence-corrected chi connectivity index (χ1v) is 12.8. The van der Waals surface area contributed by atoms with Crippen LogP contribution in [-0.2, 0) is 27.4 Å². The van der Waals surface area contributed by atoms with Crippen LogP contribution in [0.25, 0.3) is 22.0 Å². The fraction of sp³-hybridized carbons (Fsp3) is 0.200. The van der Waals surface area contributed by atoms with Crippen molar-refractivity contribution in [1.82, 2.24) is 9.55 Å². The van der Waals surface area contributed by atoms with Gasteiger partial charge in [0.2, 0.25) is 0 Å².